The average Bonchev–Trinajstić information content (AvgIpc) is 2.54. The largest absolute Gasteiger partial charge is 0.383 e. The van der Waals surface area contributed by atoms with E-state index in [0.29, 0.717) is 19.1 Å². The Morgan fingerprint density at radius 3 is 2.57 bits per heavy atom. The molecule has 7 heteroatoms. The van der Waals surface area contributed by atoms with E-state index in [4.69, 9.17) is 4.74 Å². The number of hydrogen-bond acceptors (Lipinski definition) is 3. The van der Waals surface area contributed by atoms with Crippen molar-refractivity contribution in [3.05, 3.63) is 35.9 Å². The van der Waals surface area contributed by atoms with Crippen molar-refractivity contribution in [2.45, 2.75) is 19.9 Å². The second-order valence-electron chi connectivity index (χ2n) is 4.81. The van der Waals surface area contributed by atoms with Crippen LogP contribution in [0.3, 0.4) is 0 Å². The standard InChI is InChI=1S/C16H26N4O2.HI/c1-4-17-16(19-12-15(21)18-10-11-22-3)20-13(2)14-8-6-5-7-9-14;/h5-9,13H,4,10-12H2,1-3H3,(H,18,21)(H2,17,19,20);1H. The Hall–Kier alpha value is -1.35. The molecule has 130 valence electrons. The number of amides is 1. The van der Waals surface area contributed by atoms with Gasteiger partial charge in [-0.1, -0.05) is 30.3 Å². The summed E-state index contributed by atoms with van der Waals surface area (Å²) in [6, 6.07) is 10.2. The van der Waals surface area contributed by atoms with Crippen molar-refractivity contribution >= 4 is 35.8 Å². The van der Waals surface area contributed by atoms with Crippen LogP contribution in [0.25, 0.3) is 0 Å². The molecule has 0 spiro atoms. The summed E-state index contributed by atoms with van der Waals surface area (Å²) in [5, 5.41) is 9.17. The molecule has 0 bridgehead atoms. The zero-order valence-electron chi connectivity index (χ0n) is 14.0. The van der Waals surface area contributed by atoms with Crippen LogP contribution in [-0.4, -0.2) is 45.2 Å². The third-order valence-corrected chi connectivity index (χ3v) is 3.01. The maximum absolute atomic E-state index is 11.7. The van der Waals surface area contributed by atoms with Gasteiger partial charge in [0.2, 0.25) is 5.91 Å². The SMILES string of the molecule is CCNC(=NCC(=O)NCCOC)NC(C)c1ccccc1.I. The quantitative estimate of drug-likeness (QED) is 0.252. The Morgan fingerprint density at radius 2 is 1.96 bits per heavy atom. The third kappa shape index (κ3) is 9.39. The van der Waals surface area contributed by atoms with Gasteiger partial charge in [-0.05, 0) is 19.4 Å². The molecule has 0 saturated heterocycles. The lowest BCUT2D eigenvalue weighted by Crippen LogP contribution is -2.40. The van der Waals surface area contributed by atoms with Crippen LogP contribution in [0.4, 0.5) is 0 Å². The molecule has 1 aromatic rings. The van der Waals surface area contributed by atoms with Gasteiger partial charge in [0.05, 0.1) is 12.6 Å². The normalized spacial score (nSPS) is 12.0. The van der Waals surface area contributed by atoms with Gasteiger partial charge in [-0.2, -0.15) is 0 Å². The maximum Gasteiger partial charge on any atom is 0.241 e. The van der Waals surface area contributed by atoms with Crippen molar-refractivity contribution < 1.29 is 9.53 Å². The average molecular weight is 434 g/mol. The lowest BCUT2D eigenvalue weighted by Gasteiger charge is -2.18. The van der Waals surface area contributed by atoms with E-state index in [1.165, 1.54) is 0 Å². The zero-order chi connectivity index (χ0) is 16.2. The minimum Gasteiger partial charge on any atom is -0.383 e. The van der Waals surface area contributed by atoms with Gasteiger partial charge in [0.1, 0.15) is 6.54 Å². The van der Waals surface area contributed by atoms with E-state index in [0.717, 1.165) is 12.1 Å². The minimum absolute atomic E-state index is 0. The molecule has 0 aliphatic carbocycles. The predicted octanol–water partition coefficient (Wildman–Crippen LogP) is 1.68. The van der Waals surface area contributed by atoms with Gasteiger partial charge in [-0.25, -0.2) is 4.99 Å². The third-order valence-electron chi connectivity index (χ3n) is 3.01. The number of methoxy groups -OCH3 is 1. The summed E-state index contributed by atoms with van der Waals surface area (Å²) in [6.45, 7) is 5.86. The molecule has 1 atom stereocenters. The van der Waals surface area contributed by atoms with Gasteiger partial charge in [-0.3, -0.25) is 4.79 Å². The molecule has 0 radical (unpaired) electrons. The van der Waals surface area contributed by atoms with Crippen molar-refractivity contribution in [3.63, 3.8) is 0 Å². The highest BCUT2D eigenvalue weighted by Crippen LogP contribution is 2.10. The van der Waals surface area contributed by atoms with Crippen LogP contribution in [0.2, 0.25) is 0 Å². The molecule has 1 aromatic carbocycles. The van der Waals surface area contributed by atoms with E-state index < -0.39 is 0 Å². The van der Waals surface area contributed by atoms with E-state index >= 15 is 0 Å². The second-order valence-corrected chi connectivity index (χ2v) is 4.81. The molecule has 0 aliphatic heterocycles. The van der Waals surface area contributed by atoms with E-state index in [1.807, 2.05) is 25.1 Å². The predicted molar refractivity (Wildman–Crippen MR) is 104 cm³/mol. The highest BCUT2D eigenvalue weighted by Gasteiger charge is 2.07. The van der Waals surface area contributed by atoms with E-state index in [-0.39, 0.29) is 42.5 Å². The van der Waals surface area contributed by atoms with Crippen molar-refractivity contribution in [1.82, 2.24) is 16.0 Å². The number of nitrogens with zero attached hydrogens (tertiary/aromatic N) is 1. The summed E-state index contributed by atoms with van der Waals surface area (Å²) in [4.78, 5) is 16.0. The number of ether oxygens (including phenoxy) is 1. The Balaban J connectivity index is 0.00000484. The number of rotatable bonds is 8. The fourth-order valence-corrected chi connectivity index (χ4v) is 1.85. The lowest BCUT2D eigenvalue weighted by atomic mass is 10.1. The van der Waals surface area contributed by atoms with Crippen LogP contribution < -0.4 is 16.0 Å². The summed E-state index contributed by atoms with van der Waals surface area (Å²) in [6.07, 6.45) is 0. The summed E-state index contributed by atoms with van der Waals surface area (Å²) in [5.74, 6) is 0.502. The Bertz CT molecular complexity index is 468. The highest BCUT2D eigenvalue weighted by atomic mass is 127. The fraction of sp³-hybridized carbons (Fsp3) is 0.500. The first-order valence-corrected chi connectivity index (χ1v) is 7.52. The van der Waals surface area contributed by atoms with Crippen molar-refractivity contribution in [2.75, 3.05) is 33.4 Å². The number of aliphatic imine (C=N–C) groups is 1. The lowest BCUT2D eigenvalue weighted by molar-refractivity contribution is -0.119. The summed E-state index contributed by atoms with van der Waals surface area (Å²) >= 11 is 0. The monoisotopic (exact) mass is 434 g/mol. The molecule has 6 nitrogen and oxygen atoms in total. The number of benzene rings is 1. The van der Waals surface area contributed by atoms with Gasteiger partial charge in [0.15, 0.2) is 5.96 Å². The number of halogens is 1. The van der Waals surface area contributed by atoms with Crippen LogP contribution >= 0.6 is 24.0 Å². The number of carbonyl (C=O) groups is 1. The van der Waals surface area contributed by atoms with Gasteiger partial charge in [-0.15, -0.1) is 24.0 Å². The van der Waals surface area contributed by atoms with Gasteiger partial charge >= 0.3 is 0 Å². The first-order chi connectivity index (χ1) is 10.7. The molecule has 0 heterocycles. The molecule has 1 rings (SSSR count). The number of hydrogen-bond donors (Lipinski definition) is 3. The Labute approximate surface area is 155 Å². The minimum atomic E-state index is -0.124. The van der Waals surface area contributed by atoms with E-state index in [2.05, 4.69) is 40.0 Å². The second kappa shape index (κ2) is 13.1. The van der Waals surface area contributed by atoms with Crippen molar-refractivity contribution in [2.24, 2.45) is 4.99 Å². The van der Waals surface area contributed by atoms with Crippen LogP contribution in [0.15, 0.2) is 35.3 Å². The Morgan fingerprint density at radius 1 is 1.26 bits per heavy atom. The van der Waals surface area contributed by atoms with Crippen LogP contribution in [0.5, 0.6) is 0 Å². The summed E-state index contributed by atoms with van der Waals surface area (Å²) < 4.78 is 4.88. The Kier molecular flexibility index (Phi) is 12.4. The summed E-state index contributed by atoms with van der Waals surface area (Å²) in [7, 11) is 1.60. The fourth-order valence-electron chi connectivity index (χ4n) is 1.85. The molecule has 0 fully saturated rings. The molecular formula is C16H27IN4O2. The van der Waals surface area contributed by atoms with Crippen molar-refractivity contribution in [3.8, 4) is 0 Å². The molecular weight excluding hydrogens is 407 g/mol. The number of carbonyl (C=O) groups excluding carboxylic acids is 1. The topological polar surface area (TPSA) is 74.8 Å². The highest BCUT2D eigenvalue weighted by molar-refractivity contribution is 14.0. The molecule has 0 aromatic heterocycles. The molecule has 3 N–H and O–H groups in total. The van der Waals surface area contributed by atoms with Crippen molar-refractivity contribution in [1.29, 1.82) is 0 Å². The first-order valence-electron chi connectivity index (χ1n) is 7.52. The van der Waals surface area contributed by atoms with E-state index in [1.54, 1.807) is 7.11 Å². The van der Waals surface area contributed by atoms with Crippen LogP contribution in [-0.2, 0) is 9.53 Å². The van der Waals surface area contributed by atoms with E-state index in [9.17, 15) is 4.79 Å². The maximum atomic E-state index is 11.7. The smallest absolute Gasteiger partial charge is 0.241 e. The number of nitrogens with one attached hydrogen (secondary N) is 3. The van der Waals surface area contributed by atoms with Gasteiger partial charge in [0.25, 0.3) is 0 Å². The molecule has 1 unspecified atom stereocenters. The molecule has 23 heavy (non-hydrogen) atoms. The van der Waals surface area contributed by atoms with Gasteiger partial charge in [0, 0.05) is 20.2 Å². The molecule has 0 aliphatic rings. The zero-order valence-corrected chi connectivity index (χ0v) is 16.3. The first kappa shape index (κ1) is 21.6. The molecule has 1 amide bonds. The van der Waals surface area contributed by atoms with Crippen LogP contribution in [0.1, 0.15) is 25.5 Å². The summed E-state index contributed by atoms with van der Waals surface area (Å²) in [5.41, 5.74) is 1.16. The van der Waals surface area contributed by atoms with Crippen LogP contribution in [0, 0.1) is 0 Å². The number of guanidine groups is 1. The molecule has 0 saturated carbocycles. The van der Waals surface area contributed by atoms with Gasteiger partial charge < -0.3 is 20.7 Å².